The Morgan fingerprint density at radius 3 is 2.38 bits per heavy atom. The molecule has 21 heavy (non-hydrogen) atoms. The summed E-state index contributed by atoms with van der Waals surface area (Å²) in [4.78, 5) is 0. The van der Waals surface area contributed by atoms with Crippen LogP contribution in [0.5, 0.6) is 0 Å². The van der Waals surface area contributed by atoms with E-state index in [9.17, 15) is 0 Å². The standard InChI is InChI=1S/C17H12ClN3/c18-15-7-5-12(6-8-15)11-21-17-10-14-4-2-1-3-13(14)9-16(17)19-20-21/h1-10H,11H2. The van der Waals surface area contributed by atoms with Crippen molar-refractivity contribution in [3.05, 3.63) is 71.2 Å². The van der Waals surface area contributed by atoms with Gasteiger partial charge in [0.2, 0.25) is 0 Å². The van der Waals surface area contributed by atoms with Gasteiger partial charge >= 0.3 is 0 Å². The van der Waals surface area contributed by atoms with Crippen molar-refractivity contribution in [3.63, 3.8) is 0 Å². The monoisotopic (exact) mass is 293 g/mol. The van der Waals surface area contributed by atoms with Gasteiger partial charge in [-0.3, -0.25) is 0 Å². The van der Waals surface area contributed by atoms with Gasteiger partial charge in [0.25, 0.3) is 0 Å². The van der Waals surface area contributed by atoms with Gasteiger partial charge in [0.15, 0.2) is 0 Å². The van der Waals surface area contributed by atoms with Gasteiger partial charge in [-0.1, -0.05) is 53.2 Å². The van der Waals surface area contributed by atoms with E-state index in [1.165, 1.54) is 10.8 Å². The van der Waals surface area contributed by atoms with Crippen LogP contribution in [0.1, 0.15) is 5.56 Å². The van der Waals surface area contributed by atoms with Crippen LogP contribution in [0, 0.1) is 0 Å². The minimum Gasteiger partial charge on any atom is -0.240 e. The maximum absolute atomic E-state index is 5.92. The molecule has 0 fully saturated rings. The van der Waals surface area contributed by atoms with Crippen molar-refractivity contribution in [1.82, 2.24) is 15.0 Å². The highest BCUT2D eigenvalue weighted by molar-refractivity contribution is 6.30. The number of hydrogen-bond donors (Lipinski definition) is 0. The molecule has 4 aromatic rings. The van der Waals surface area contributed by atoms with E-state index < -0.39 is 0 Å². The van der Waals surface area contributed by atoms with Crippen LogP contribution in [0.4, 0.5) is 0 Å². The lowest BCUT2D eigenvalue weighted by Gasteiger charge is -2.04. The third kappa shape index (κ3) is 2.26. The Kier molecular flexibility index (Phi) is 2.86. The molecule has 3 nitrogen and oxygen atoms in total. The molecule has 4 rings (SSSR count). The molecular weight excluding hydrogens is 282 g/mol. The molecule has 0 bridgehead atoms. The van der Waals surface area contributed by atoms with Crippen LogP contribution in [0.25, 0.3) is 21.8 Å². The molecule has 0 aliphatic heterocycles. The molecule has 0 saturated carbocycles. The summed E-state index contributed by atoms with van der Waals surface area (Å²) in [7, 11) is 0. The topological polar surface area (TPSA) is 30.7 Å². The summed E-state index contributed by atoms with van der Waals surface area (Å²) in [5.74, 6) is 0. The Balaban J connectivity index is 1.81. The Morgan fingerprint density at radius 2 is 1.62 bits per heavy atom. The SMILES string of the molecule is Clc1ccc(Cn2nnc3cc4ccccc4cc32)cc1. The quantitative estimate of drug-likeness (QED) is 0.552. The van der Waals surface area contributed by atoms with Gasteiger partial charge in [-0.05, 0) is 40.6 Å². The first-order valence-corrected chi connectivity index (χ1v) is 7.14. The maximum Gasteiger partial charge on any atom is 0.113 e. The third-order valence-electron chi connectivity index (χ3n) is 3.63. The van der Waals surface area contributed by atoms with Crippen LogP contribution in [0.3, 0.4) is 0 Å². The average molecular weight is 294 g/mol. The molecule has 0 aliphatic rings. The van der Waals surface area contributed by atoms with Gasteiger partial charge in [-0.15, -0.1) is 5.10 Å². The Hall–Kier alpha value is -2.39. The van der Waals surface area contributed by atoms with E-state index in [4.69, 9.17) is 11.6 Å². The van der Waals surface area contributed by atoms with Crippen LogP contribution in [0.15, 0.2) is 60.7 Å². The molecule has 4 heteroatoms. The summed E-state index contributed by atoms with van der Waals surface area (Å²) in [5, 5.41) is 11.7. The van der Waals surface area contributed by atoms with Crippen molar-refractivity contribution >= 4 is 33.4 Å². The van der Waals surface area contributed by atoms with Crippen LogP contribution in [-0.2, 0) is 6.54 Å². The van der Waals surface area contributed by atoms with Crippen LogP contribution in [0.2, 0.25) is 5.02 Å². The molecule has 0 atom stereocenters. The highest BCUT2D eigenvalue weighted by atomic mass is 35.5. The van der Waals surface area contributed by atoms with Crippen LogP contribution < -0.4 is 0 Å². The van der Waals surface area contributed by atoms with Crippen molar-refractivity contribution in [2.45, 2.75) is 6.54 Å². The van der Waals surface area contributed by atoms with E-state index in [1.54, 1.807) is 0 Å². The van der Waals surface area contributed by atoms with Gasteiger partial charge in [-0.2, -0.15) is 0 Å². The minimum atomic E-state index is 0.687. The largest absolute Gasteiger partial charge is 0.240 e. The fourth-order valence-electron chi connectivity index (χ4n) is 2.53. The molecule has 0 saturated heterocycles. The summed E-state index contributed by atoms with van der Waals surface area (Å²) in [5.41, 5.74) is 3.12. The summed E-state index contributed by atoms with van der Waals surface area (Å²) >= 11 is 5.92. The smallest absolute Gasteiger partial charge is 0.113 e. The number of halogens is 1. The van der Waals surface area contributed by atoms with Crippen molar-refractivity contribution in [2.24, 2.45) is 0 Å². The number of nitrogens with zero attached hydrogens (tertiary/aromatic N) is 3. The van der Waals surface area contributed by atoms with Crippen LogP contribution >= 0.6 is 11.6 Å². The number of benzene rings is 3. The zero-order valence-corrected chi connectivity index (χ0v) is 12.0. The molecule has 0 radical (unpaired) electrons. The fourth-order valence-corrected chi connectivity index (χ4v) is 2.66. The lowest BCUT2D eigenvalue weighted by molar-refractivity contribution is 0.670. The number of aromatic nitrogens is 3. The minimum absolute atomic E-state index is 0.687. The molecule has 0 aliphatic carbocycles. The lowest BCUT2D eigenvalue weighted by atomic mass is 10.1. The van der Waals surface area contributed by atoms with E-state index in [-0.39, 0.29) is 0 Å². The highest BCUT2D eigenvalue weighted by Crippen LogP contribution is 2.21. The second-order valence-corrected chi connectivity index (χ2v) is 5.50. The van der Waals surface area contributed by atoms with Crippen molar-refractivity contribution < 1.29 is 0 Å². The summed E-state index contributed by atoms with van der Waals surface area (Å²) in [6.45, 7) is 0.687. The van der Waals surface area contributed by atoms with Gasteiger partial charge in [0.1, 0.15) is 5.52 Å². The average Bonchev–Trinajstić information content (AvgIpc) is 2.89. The molecule has 3 aromatic carbocycles. The summed E-state index contributed by atoms with van der Waals surface area (Å²) in [6.07, 6.45) is 0. The molecule has 0 N–H and O–H groups in total. The lowest BCUT2D eigenvalue weighted by Crippen LogP contribution is -2.01. The Morgan fingerprint density at radius 1 is 0.905 bits per heavy atom. The van der Waals surface area contributed by atoms with E-state index in [0.29, 0.717) is 6.54 Å². The number of rotatable bonds is 2. The molecule has 0 unspecified atom stereocenters. The normalized spacial score (nSPS) is 11.3. The summed E-state index contributed by atoms with van der Waals surface area (Å²) in [6, 6.07) is 20.3. The van der Waals surface area contributed by atoms with Crippen molar-refractivity contribution in [3.8, 4) is 0 Å². The van der Waals surface area contributed by atoms with E-state index in [0.717, 1.165) is 21.6 Å². The second kappa shape index (κ2) is 4.86. The number of hydrogen-bond acceptors (Lipinski definition) is 2. The highest BCUT2D eigenvalue weighted by Gasteiger charge is 2.06. The molecule has 0 spiro atoms. The van der Waals surface area contributed by atoms with Gasteiger partial charge in [-0.25, -0.2) is 4.68 Å². The first-order chi connectivity index (χ1) is 10.3. The van der Waals surface area contributed by atoms with Crippen LogP contribution in [-0.4, -0.2) is 15.0 Å². The molecule has 1 aromatic heterocycles. The van der Waals surface area contributed by atoms with Crippen molar-refractivity contribution in [1.29, 1.82) is 0 Å². The fraction of sp³-hybridized carbons (Fsp3) is 0.0588. The third-order valence-corrected chi connectivity index (χ3v) is 3.88. The molecule has 1 heterocycles. The van der Waals surface area contributed by atoms with E-state index in [1.807, 2.05) is 41.1 Å². The first kappa shape index (κ1) is 12.4. The van der Waals surface area contributed by atoms with Gasteiger partial charge < -0.3 is 0 Å². The van der Waals surface area contributed by atoms with E-state index in [2.05, 4.69) is 34.6 Å². The predicted octanol–water partition coefficient (Wildman–Crippen LogP) is 4.29. The predicted molar refractivity (Wildman–Crippen MR) is 85.6 cm³/mol. The summed E-state index contributed by atoms with van der Waals surface area (Å²) < 4.78 is 1.92. The Labute approximate surface area is 126 Å². The van der Waals surface area contributed by atoms with Crippen molar-refractivity contribution in [2.75, 3.05) is 0 Å². The molecule has 102 valence electrons. The second-order valence-electron chi connectivity index (χ2n) is 5.06. The first-order valence-electron chi connectivity index (χ1n) is 6.76. The number of fused-ring (bicyclic) bond motifs is 2. The van der Waals surface area contributed by atoms with E-state index >= 15 is 0 Å². The Bertz CT molecular complexity index is 926. The zero-order chi connectivity index (χ0) is 14.2. The maximum atomic E-state index is 5.92. The molecular formula is C17H12ClN3. The zero-order valence-electron chi connectivity index (χ0n) is 11.2. The van der Waals surface area contributed by atoms with Gasteiger partial charge in [0.05, 0.1) is 12.1 Å². The van der Waals surface area contributed by atoms with Gasteiger partial charge in [0, 0.05) is 5.02 Å². The molecule has 0 amide bonds.